The lowest BCUT2D eigenvalue weighted by molar-refractivity contribution is 0.105. The molecule has 2 aromatic rings. The summed E-state index contributed by atoms with van der Waals surface area (Å²) in [4.78, 5) is 12.4. The molecule has 2 rings (SSSR count). The molecule has 0 atom stereocenters. The van der Waals surface area contributed by atoms with Gasteiger partial charge in [0.2, 0.25) is 0 Å². The summed E-state index contributed by atoms with van der Waals surface area (Å²) in [5.41, 5.74) is 1.41. The summed E-state index contributed by atoms with van der Waals surface area (Å²) >= 11 is 0. The van der Waals surface area contributed by atoms with E-state index in [2.05, 4.69) is 0 Å². The van der Waals surface area contributed by atoms with Gasteiger partial charge in [0.1, 0.15) is 5.75 Å². The SMILES string of the molecule is CO/C=C(/C(=O)c1ccccc1O)c1ccccc1. The second kappa shape index (κ2) is 5.87. The number of methoxy groups -OCH3 is 1. The highest BCUT2D eigenvalue weighted by atomic mass is 16.5. The first kappa shape index (κ1) is 12.9. The molecule has 3 heteroatoms. The summed E-state index contributed by atoms with van der Waals surface area (Å²) in [6.07, 6.45) is 1.39. The second-order valence-electron chi connectivity index (χ2n) is 3.98. The molecule has 0 aromatic heterocycles. The number of aromatic hydroxyl groups is 1. The van der Waals surface area contributed by atoms with Crippen molar-refractivity contribution in [1.29, 1.82) is 0 Å². The first-order valence-corrected chi connectivity index (χ1v) is 5.85. The van der Waals surface area contributed by atoms with E-state index in [-0.39, 0.29) is 17.1 Å². The number of allylic oxidation sites excluding steroid dienone is 1. The van der Waals surface area contributed by atoms with E-state index in [1.165, 1.54) is 19.4 Å². The Morgan fingerprint density at radius 3 is 2.32 bits per heavy atom. The molecule has 0 radical (unpaired) electrons. The minimum Gasteiger partial charge on any atom is -0.507 e. The zero-order chi connectivity index (χ0) is 13.7. The maximum absolute atomic E-state index is 12.4. The Morgan fingerprint density at radius 2 is 1.68 bits per heavy atom. The van der Waals surface area contributed by atoms with Crippen LogP contribution in [0, 0.1) is 0 Å². The van der Waals surface area contributed by atoms with Gasteiger partial charge in [-0.2, -0.15) is 0 Å². The molecule has 0 heterocycles. The highest BCUT2D eigenvalue weighted by Gasteiger charge is 2.17. The summed E-state index contributed by atoms with van der Waals surface area (Å²) in [7, 11) is 1.49. The molecule has 0 bridgehead atoms. The quantitative estimate of drug-likeness (QED) is 0.517. The number of hydrogen-bond acceptors (Lipinski definition) is 3. The van der Waals surface area contributed by atoms with Crippen LogP contribution in [0.15, 0.2) is 60.9 Å². The molecule has 3 nitrogen and oxygen atoms in total. The van der Waals surface area contributed by atoms with Crippen LogP contribution in [0.1, 0.15) is 15.9 Å². The van der Waals surface area contributed by atoms with Gasteiger partial charge in [-0.3, -0.25) is 4.79 Å². The Labute approximate surface area is 111 Å². The third-order valence-corrected chi connectivity index (χ3v) is 2.71. The van der Waals surface area contributed by atoms with Gasteiger partial charge in [0.25, 0.3) is 0 Å². The van der Waals surface area contributed by atoms with E-state index in [9.17, 15) is 9.90 Å². The van der Waals surface area contributed by atoms with Gasteiger partial charge in [0, 0.05) is 0 Å². The van der Waals surface area contributed by atoms with Gasteiger partial charge in [-0.1, -0.05) is 42.5 Å². The van der Waals surface area contributed by atoms with Gasteiger partial charge in [-0.15, -0.1) is 0 Å². The van der Waals surface area contributed by atoms with E-state index in [1.54, 1.807) is 18.2 Å². The summed E-state index contributed by atoms with van der Waals surface area (Å²) in [6, 6.07) is 15.7. The van der Waals surface area contributed by atoms with Crippen LogP contribution in [-0.2, 0) is 4.74 Å². The van der Waals surface area contributed by atoms with E-state index in [0.29, 0.717) is 5.57 Å². The predicted molar refractivity (Wildman–Crippen MR) is 73.9 cm³/mol. The van der Waals surface area contributed by atoms with Crippen molar-refractivity contribution in [2.45, 2.75) is 0 Å². The fourth-order valence-corrected chi connectivity index (χ4v) is 1.80. The Balaban J connectivity index is 2.45. The largest absolute Gasteiger partial charge is 0.507 e. The molecule has 96 valence electrons. The molecular formula is C16H14O3. The first-order chi connectivity index (χ1) is 9.24. The number of Topliss-reactive ketones (excluding diaryl/α,β-unsaturated/α-hetero) is 1. The highest BCUT2D eigenvalue weighted by Crippen LogP contribution is 2.25. The van der Waals surface area contributed by atoms with Crippen LogP contribution >= 0.6 is 0 Å². The van der Waals surface area contributed by atoms with Gasteiger partial charge in [0.15, 0.2) is 5.78 Å². The third kappa shape index (κ3) is 2.83. The van der Waals surface area contributed by atoms with Crippen molar-refractivity contribution in [2.24, 2.45) is 0 Å². The van der Waals surface area contributed by atoms with Gasteiger partial charge < -0.3 is 9.84 Å². The van der Waals surface area contributed by atoms with Crippen LogP contribution in [0.5, 0.6) is 5.75 Å². The zero-order valence-electron chi connectivity index (χ0n) is 10.5. The minimum atomic E-state index is -0.272. The maximum atomic E-state index is 12.4. The first-order valence-electron chi connectivity index (χ1n) is 5.85. The van der Waals surface area contributed by atoms with Crippen LogP contribution in [0.3, 0.4) is 0 Å². The number of ether oxygens (including phenoxy) is 1. The number of benzene rings is 2. The molecular weight excluding hydrogens is 240 g/mol. The van der Waals surface area contributed by atoms with Crippen LogP contribution in [0.2, 0.25) is 0 Å². The van der Waals surface area contributed by atoms with Crippen LogP contribution in [0.25, 0.3) is 5.57 Å². The smallest absolute Gasteiger partial charge is 0.200 e. The van der Waals surface area contributed by atoms with E-state index >= 15 is 0 Å². The normalized spacial score (nSPS) is 11.1. The highest BCUT2D eigenvalue weighted by molar-refractivity contribution is 6.29. The lowest BCUT2D eigenvalue weighted by atomic mass is 9.97. The summed E-state index contributed by atoms with van der Waals surface area (Å²) < 4.78 is 4.98. The molecule has 0 aliphatic heterocycles. The van der Waals surface area contributed by atoms with Crippen LogP contribution in [0.4, 0.5) is 0 Å². The van der Waals surface area contributed by atoms with E-state index in [0.717, 1.165) is 5.56 Å². The van der Waals surface area contributed by atoms with Gasteiger partial charge in [-0.25, -0.2) is 0 Å². The van der Waals surface area contributed by atoms with Crippen molar-refractivity contribution in [2.75, 3.05) is 7.11 Å². The topological polar surface area (TPSA) is 46.5 Å². The van der Waals surface area contributed by atoms with Crippen molar-refractivity contribution in [1.82, 2.24) is 0 Å². The molecule has 1 N–H and O–H groups in total. The van der Waals surface area contributed by atoms with Crippen molar-refractivity contribution in [3.8, 4) is 5.75 Å². The van der Waals surface area contributed by atoms with E-state index < -0.39 is 0 Å². The Kier molecular flexibility index (Phi) is 3.98. The van der Waals surface area contributed by atoms with Gasteiger partial charge in [0.05, 0.1) is 24.5 Å². The summed E-state index contributed by atoms with van der Waals surface area (Å²) in [5, 5.41) is 9.76. The lowest BCUT2D eigenvalue weighted by Gasteiger charge is -2.08. The average Bonchev–Trinajstić information content (AvgIpc) is 2.45. The lowest BCUT2D eigenvalue weighted by Crippen LogP contribution is -2.03. The number of carbonyl (C=O) groups excluding carboxylic acids is 1. The van der Waals surface area contributed by atoms with Crippen LogP contribution < -0.4 is 0 Å². The third-order valence-electron chi connectivity index (χ3n) is 2.71. The van der Waals surface area contributed by atoms with Crippen molar-refractivity contribution in [3.63, 3.8) is 0 Å². The fraction of sp³-hybridized carbons (Fsp3) is 0.0625. The van der Waals surface area contributed by atoms with E-state index in [1.807, 2.05) is 30.3 Å². The van der Waals surface area contributed by atoms with Crippen molar-refractivity contribution >= 4 is 11.4 Å². The molecule has 0 aliphatic rings. The van der Waals surface area contributed by atoms with Crippen molar-refractivity contribution in [3.05, 3.63) is 72.0 Å². The van der Waals surface area contributed by atoms with Gasteiger partial charge >= 0.3 is 0 Å². The minimum absolute atomic E-state index is 0.0366. The molecule has 19 heavy (non-hydrogen) atoms. The fourth-order valence-electron chi connectivity index (χ4n) is 1.80. The molecule has 0 saturated carbocycles. The maximum Gasteiger partial charge on any atom is 0.200 e. The zero-order valence-corrected chi connectivity index (χ0v) is 10.5. The molecule has 0 fully saturated rings. The molecule has 0 aliphatic carbocycles. The number of ketones is 1. The standard InChI is InChI=1S/C16H14O3/c1-19-11-14(12-7-3-2-4-8-12)16(18)13-9-5-6-10-15(13)17/h2-11,17H,1H3/b14-11+. The second-order valence-corrected chi connectivity index (χ2v) is 3.98. The molecule has 0 saturated heterocycles. The monoisotopic (exact) mass is 254 g/mol. The number of rotatable bonds is 4. The summed E-state index contributed by atoms with van der Waals surface area (Å²) in [6.45, 7) is 0. The predicted octanol–water partition coefficient (Wildman–Crippen LogP) is 3.26. The molecule has 2 aromatic carbocycles. The number of phenols is 1. The number of carbonyl (C=O) groups is 1. The van der Waals surface area contributed by atoms with Gasteiger partial charge in [-0.05, 0) is 17.7 Å². The summed E-state index contributed by atoms with van der Waals surface area (Å²) in [5.74, 6) is -0.309. The number of phenolic OH excluding ortho intramolecular Hbond substituents is 1. The number of para-hydroxylation sites is 1. The Bertz CT molecular complexity index is 600. The van der Waals surface area contributed by atoms with Crippen LogP contribution in [-0.4, -0.2) is 18.0 Å². The Morgan fingerprint density at radius 1 is 1.05 bits per heavy atom. The molecule has 0 amide bonds. The van der Waals surface area contributed by atoms with E-state index in [4.69, 9.17) is 4.74 Å². The number of hydrogen-bond donors (Lipinski definition) is 1. The van der Waals surface area contributed by atoms with Crippen molar-refractivity contribution < 1.29 is 14.6 Å². The Hall–Kier alpha value is -2.55. The average molecular weight is 254 g/mol. The molecule has 0 unspecified atom stereocenters. The molecule has 0 spiro atoms.